The number of amides is 1. The van der Waals surface area contributed by atoms with E-state index < -0.39 is 0 Å². The summed E-state index contributed by atoms with van der Waals surface area (Å²) >= 11 is 0. The van der Waals surface area contributed by atoms with E-state index in [2.05, 4.69) is 76.1 Å². The molecule has 0 bridgehead atoms. The van der Waals surface area contributed by atoms with Gasteiger partial charge in [-0.15, -0.1) is 0 Å². The summed E-state index contributed by atoms with van der Waals surface area (Å²) < 4.78 is 1.80. The third-order valence-corrected chi connectivity index (χ3v) is 8.09. The maximum atomic E-state index is 12.2. The van der Waals surface area contributed by atoms with Crippen molar-refractivity contribution >= 4 is 28.3 Å². The molecule has 41 heavy (non-hydrogen) atoms. The van der Waals surface area contributed by atoms with E-state index in [1.54, 1.807) is 4.68 Å². The number of fused-ring (bicyclic) bond motifs is 1. The number of carbonyl (C=O) groups is 1. The van der Waals surface area contributed by atoms with Crippen LogP contribution in [-0.2, 0) is 11.8 Å². The monoisotopic (exact) mass is 545 g/mol. The standard InChI is InChI=1S/C33H35N7O/c1-6-29(41)36-28-17-24(8-7-21(28)2)31-30-22(3)27(25-18-35-39(5)20-25)19-34-33(30)37-32(31)23-9-11-26(12-10-23)40-15-13-38(4)14-16-40/h6-12,17-20H,1,13-16H2,2-5H3,(H,34,37)(H,36,41). The molecule has 8 nitrogen and oxygen atoms in total. The first-order chi connectivity index (χ1) is 19.8. The number of nitrogens with zero attached hydrogens (tertiary/aromatic N) is 5. The number of hydrogen-bond acceptors (Lipinski definition) is 5. The first-order valence-corrected chi connectivity index (χ1v) is 13.9. The Bertz CT molecular complexity index is 1750. The predicted molar refractivity (Wildman–Crippen MR) is 167 cm³/mol. The van der Waals surface area contributed by atoms with Gasteiger partial charge in [0.2, 0.25) is 5.91 Å². The van der Waals surface area contributed by atoms with E-state index in [1.165, 1.54) is 11.8 Å². The minimum Gasteiger partial charge on any atom is -0.369 e. The van der Waals surface area contributed by atoms with Crippen molar-refractivity contribution < 1.29 is 4.79 Å². The Morgan fingerprint density at radius 3 is 2.39 bits per heavy atom. The van der Waals surface area contributed by atoms with Gasteiger partial charge in [-0.05, 0) is 67.4 Å². The average Bonchev–Trinajstić information content (AvgIpc) is 3.59. The Hall–Kier alpha value is -4.69. The molecule has 2 aromatic carbocycles. The van der Waals surface area contributed by atoms with Gasteiger partial charge in [0.05, 0.1) is 11.9 Å². The smallest absolute Gasteiger partial charge is 0.247 e. The van der Waals surface area contributed by atoms with Crippen molar-refractivity contribution in [3.05, 3.63) is 84.8 Å². The minimum atomic E-state index is -0.236. The predicted octanol–water partition coefficient (Wildman–Crippen LogP) is 5.79. The maximum Gasteiger partial charge on any atom is 0.247 e. The molecule has 0 atom stereocenters. The van der Waals surface area contributed by atoms with Gasteiger partial charge in [-0.2, -0.15) is 5.10 Å². The molecule has 5 aromatic rings. The normalized spacial score (nSPS) is 14.0. The van der Waals surface area contributed by atoms with Crippen LogP contribution in [0, 0.1) is 13.8 Å². The lowest BCUT2D eigenvalue weighted by molar-refractivity contribution is -0.111. The summed E-state index contributed by atoms with van der Waals surface area (Å²) in [6.07, 6.45) is 7.09. The van der Waals surface area contributed by atoms with E-state index in [0.717, 1.165) is 87.5 Å². The summed E-state index contributed by atoms with van der Waals surface area (Å²) in [4.78, 5) is 25.5. The van der Waals surface area contributed by atoms with Gasteiger partial charge in [0.1, 0.15) is 5.65 Å². The van der Waals surface area contributed by atoms with Crippen LogP contribution in [0.2, 0.25) is 0 Å². The van der Waals surface area contributed by atoms with Crippen LogP contribution in [-0.4, -0.2) is 63.8 Å². The Morgan fingerprint density at radius 2 is 1.71 bits per heavy atom. The van der Waals surface area contributed by atoms with E-state index in [-0.39, 0.29) is 5.91 Å². The third kappa shape index (κ3) is 5.02. The van der Waals surface area contributed by atoms with E-state index in [1.807, 2.05) is 44.7 Å². The molecule has 1 aliphatic rings. The SMILES string of the molecule is C=CC(=O)Nc1cc(-c2c(-c3ccc(N4CCN(C)CC4)cc3)[nH]c3ncc(-c4cnn(C)c4)c(C)c23)ccc1C. The quantitative estimate of drug-likeness (QED) is 0.264. The largest absolute Gasteiger partial charge is 0.369 e. The van der Waals surface area contributed by atoms with Crippen LogP contribution in [0.3, 0.4) is 0 Å². The van der Waals surface area contributed by atoms with Crippen LogP contribution in [0.1, 0.15) is 11.1 Å². The third-order valence-electron chi connectivity index (χ3n) is 8.09. The number of rotatable bonds is 6. The molecule has 0 saturated carbocycles. The molecule has 0 radical (unpaired) electrons. The van der Waals surface area contributed by atoms with Gasteiger partial charge in [-0.25, -0.2) is 4.98 Å². The van der Waals surface area contributed by atoms with Crippen LogP contribution in [0.15, 0.2) is 73.7 Å². The number of aromatic nitrogens is 4. The highest BCUT2D eigenvalue weighted by atomic mass is 16.1. The number of likely N-dealkylation sites (N-methyl/N-ethyl adjacent to an activating group) is 1. The number of pyridine rings is 1. The van der Waals surface area contributed by atoms with Gasteiger partial charge in [-0.1, -0.05) is 30.8 Å². The molecule has 8 heteroatoms. The molecule has 4 heterocycles. The van der Waals surface area contributed by atoms with E-state index in [9.17, 15) is 4.79 Å². The Balaban J connectivity index is 1.52. The molecule has 1 fully saturated rings. The molecule has 1 aliphatic heterocycles. The zero-order valence-corrected chi connectivity index (χ0v) is 24.0. The zero-order valence-electron chi connectivity index (χ0n) is 24.0. The second kappa shape index (κ2) is 10.7. The van der Waals surface area contributed by atoms with Crippen LogP contribution in [0.4, 0.5) is 11.4 Å². The molecule has 2 N–H and O–H groups in total. The van der Waals surface area contributed by atoms with Gasteiger partial charge < -0.3 is 20.1 Å². The molecule has 1 amide bonds. The van der Waals surface area contributed by atoms with Gasteiger partial charge in [0.25, 0.3) is 0 Å². The van der Waals surface area contributed by atoms with Gasteiger partial charge in [-0.3, -0.25) is 9.48 Å². The minimum absolute atomic E-state index is 0.236. The Kier molecular flexibility index (Phi) is 6.93. The molecule has 0 spiro atoms. The Morgan fingerprint density at radius 1 is 0.976 bits per heavy atom. The number of nitrogens with one attached hydrogen (secondary N) is 2. The van der Waals surface area contributed by atoms with Crippen molar-refractivity contribution in [3.63, 3.8) is 0 Å². The summed E-state index contributed by atoms with van der Waals surface area (Å²) in [5.41, 5.74) is 11.1. The number of aryl methyl sites for hydroxylation is 3. The lowest BCUT2D eigenvalue weighted by Gasteiger charge is -2.34. The fourth-order valence-electron chi connectivity index (χ4n) is 5.67. The summed E-state index contributed by atoms with van der Waals surface area (Å²) in [5.74, 6) is -0.236. The Labute approximate surface area is 240 Å². The highest BCUT2D eigenvalue weighted by Crippen LogP contribution is 2.42. The number of carbonyl (C=O) groups excluding carboxylic acids is 1. The van der Waals surface area contributed by atoms with Crippen LogP contribution in [0.25, 0.3) is 44.5 Å². The van der Waals surface area contributed by atoms with Gasteiger partial charge >= 0.3 is 0 Å². The van der Waals surface area contributed by atoms with Crippen LogP contribution in [0.5, 0.6) is 0 Å². The second-order valence-electron chi connectivity index (χ2n) is 10.9. The van der Waals surface area contributed by atoms with Gasteiger partial charge in [0.15, 0.2) is 0 Å². The fourth-order valence-corrected chi connectivity index (χ4v) is 5.67. The highest BCUT2D eigenvalue weighted by Gasteiger charge is 2.22. The highest BCUT2D eigenvalue weighted by molar-refractivity contribution is 6.07. The fraction of sp³-hybridized carbons (Fsp3) is 0.242. The lowest BCUT2D eigenvalue weighted by Crippen LogP contribution is -2.44. The van der Waals surface area contributed by atoms with Crippen molar-refractivity contribution in [1.82, 2.24) is 24.6 Å². The summed E-state index contributed by atoms with van der Waals surface area (Å²) in [5, 5.41) is 8.40. The van der Waals surface area contributed by atoms with E-state index in [4.69, 9.17) is 4.98 Å². The maximum absolute atomic E-state index is 12.2. The van der Waals surface area contributed by atoms with Crippen molar-refractivity contribution in [2.45, 2.75) is 13.8 Å². The zero-order chi connectivity index (χ0) is 28.7. The number of hydrogen-bond donors (Lipinski definition) is 2. The van der Waals surface area contributed by atoms with Crippen LogP contribution < -0.4 is 10.2 Å². The average molecular weight is 546 g/mol. The summed E-state index contributed by atoms with van der Waals surface area (Å²) in [6.45, 7) is 11.9. The second-order valence-corrected chi connectivity index (χ2v) is 10.9. The number of anilines is 2. The number of benzene rings is 2. The molecule has 208 valence electrons. The summed E-state index contributed by atoms with van der Waals surface area (Å²) in [7, 11) is 4.09. The van der Waals surface area contributed by atoms with Crippen molar-refractivity contribution in [2.24, 2.45) is 7.05 Å². The number of piperazine rings is 1. The van der Waals surface area contributed by atoms with E-state index in [0.29, 0.717) is 0 Å². The topological polar surface area (TPSA) is 82.1 Å². The number of H-pyrrole nitrogens is 1. The summed E-state index contributed by atoms with van der Waals surface area (Å²) in [6, 6.07) is 15.0. The molecular weight excluding hydrogens is 510 g/mol. The molecule has 3 aromatic heterocycles. The first kappa shape index (κ1) is 26.5. The number of aromatic amines is 1. The molecule has 0 unspecified atom stereocenters. The molecule has 0 aliphatic carbocycles. The van der Waals surface area contributed by atoms with Crippen LogP contribution >= 0.6 is 0 Å². The van der Waals surface area contributed by atoms with Crippen molar-refractivity contribution in [2.75, 3.05) is 43.4 Å². The van der Waals surface area contributed by atoms with Gasteiger partial charge in [0, 0.05) is 79.1 Å². The molecular formula is C33H35N7O. The van der Waals surface area contributed by atoms with Crippen molar-refractivity contribution in [3.8, 4) is 33.5 Å². The van der Waals surface area contributed by atoms with E-state index >= 15 is 0 Å². The first-order valence-electron chi connectivity index (χ1n) is 13.9. The van der Waals surface area contributed by atoms with Crippen molar-refractivity contribution in [1.29, 1.82) is 0 Å². The lowest BCUT2D eigenvalue weighted by atomic mass is 9.93. The molecule has 6 rings (SSSR count). The molecule has 1 saturated heterocycles.